The van der Waals surface area contributed by atoms with E-state index in [-0.39, 0.29) is 24.5 Å². The minimum Gasteiger partial charge on any atom is -0.493 e. The summed E-state index contributed by atoms with van der Waals surface area (Å²) in [5.41, 5.74) is 0.480. The van der Waals surface area contributed by atoms with E-state index in [0.29, 0.717) is 22.2 Å². The van der Waals surface area contributed by atoms with Crippen molar-refractivity contribution in [2.24, 2.45) is 0 Å². The standard InChI is InChI=1S/C18H23N3O4S/c1-4-5-6-17-20-21-18(26-17)19-16(23)10-8-13(22)12-7-9-14(24-2)15(11-12)25-3/h7,9,11H,4-6,8,10H2,1-3H3,(H,19,21,23). The number of ether oxygens (including phenoxy) is 2. The Labute approximate surface area is 156 Å². The molecular weight excluding hydrogens is 354 g/mol. The lowest BCUT2D eigenvalue weighted by atomic mass is 10.1. The Balaban J connectivity index is 1.86. The molecule has 1 aromatic carbocycles. The highest BCUT2D eigenvalue weighted by Gasteiger charge is 2.14. The first-order valence-electron chi connectivity index (χ1n) is 8.44. The van der Waals surface area contributed by atoms with Crippen LogP contribution in [0.25, 0.3) is 0 Å². The number of benzene rings is 1. The van der Waals surface area contributed by atoms with Crippen LogP contribution in [0.4, 0.5) is 5.13 Å². The quantitative estimate of drug-likeness (QED) is 0.637. The number of nitrogens with zero attached hydrogens (tertiary/aromatic N) is 2. The van der Waals surface area contributed by atoms with E-state index < -0.39 is 0 Å². The lowest BCUT2D eigenvalue weighted by molar-refractivity contribution is -0.116. The molecule has 140 valence electrons. The first-order valence-corrected chi connectivity index (χ1v) is 9.26. The summed E-state index contributed by atoms with van der Waals surface area (Å²) in [5, 5.41) is 12.1. The monoisotopic (exact) mass is 377 g/mol. The highest BCUT2D eigenvalue weighted by molar-refractivity contribution is 7.15. The zero-order valence-corrected chi connectivity index (χ0v) is 16.0. The van der Waals surface area contributed by atoms with E-state index in [2.05, 4.69) is 22.4 Å². The molecule has 2 aromatic rings. The molecule has 0 bridgehead atoms. The maximum atomic E-state index is 12.3. The number of unbranched alkanes of at least 4 members (excludes halogenated alkanes) is 1. The molecule has 0 saturated heterocycles. The maximum Gasteiger partial charge on any atom is 0.226 e. The van der Waals surface area contributed by atoms with Crippen LogP contribution in [0, 0.1) is 0 Å². The molecule has 0 radical (unpaired) electrons. The third-order valence-electron chi connectivity index (χ3n) is 3.74. The Bertz CT molecular complexity index is 761. The second-order valence-electron chi connectivity index (χ2n) is 5.65. The van der Waals surface area contributed by atoms with Crippen LogP contribution >= 0.6 is 11.3 Å². The van der Waals surface area contributed by atoms with Gasteiger partial charge in [0.05, 0.1) is 14.2 Å². The number of carbonyl (C=O) groups excluding carboxylic acids is 2. The van der Waals surface area contributed by atoms with E-state index >= 15 is 0 Å². The molecule has 0 fully saturated rings. The molecule has 7 nitrogen and oxygen atoms in total. The van der Waals surface area contributed by atoms with Crippen molar-refractivity contribution in [3.63, 3.8) is 0 Å². The third-order valence-corrected chi connectivity index (χ3v) is 4.64. The van der Waals surface area contributed by atoms with Crippen LogP contribution in [0.5, 0.6) is 11.5 Å². The number of Topliss-reactive ketones (excluding diaryl/α,β-unsaturated/α-hetero) is 1. The predicted octanol–water partition coefficient (Wildman–Crippen LogP) is 3.50. The van der Waals surface area contributed by atoms with Crippen LogP contribution in [-0.4, -0.2) is 36.1 Å². The Hall–Kier alpha value is -2.48. The molecule has 8 heteroatoms. The van der Waals surface area contributed by atoms with Crippen LogP contribution in [0.3, 0.4) is 0 Å². The molecule has 0 saturated carbocycles. The van der Waals surface area contributed by atoms with E-state index in [0.717, 1.165) is 24.3 Å². The summed E-state index contributed by atoms with van der Waals surface area (Å²) in [6, 6.07) is 4.95. The van der Waals surface area contributed by atoms with Crippen LogP contribution in [0.1, 0.15) is 48.0 Å². The summed E-state index contributed by atoms with van der Waals surface area (Å²) in [6.45, 7) is 2.11. The van der Waals surface area contributed by atoms with Gasteiger partial charge in [0.15, 0.2) is 17.3 Å². The van der Waals surface area contributed by atoms with E-state index in [1.807, 2.05) is 0 Å². The first kappa shape index (κ1) is 19.8. The highest BCUT2D eigenvalue weighted by Crippen LogP contribution is 2.28. The molecule has 2 rings (SSSR count). The molecule has 0 aliphatic heterocycles. The topological polar surface area (TPSA) is 90.4 Å². The van der Waals surface area contributed by atoms with Gasteiger partial charge in [-0.3, -0.25) is 9.59 Å². The van der Waals surface area contributed by atoms with Crippen molar-refractivity contribution in [3.05, 3.63) is 28.8 Å². The largest absolute Gasteiger partial charge is 0.493 e. The lowest BCUT2D eigenvalue weighted by Gasteiger charge is -2.09. The molecule has 0 aliphatic rings. The summed E-state index contributed by atoms with van der Waals surface area (Å²) in [4.78, 5) is 24.3. The molecule has 0 spiro atoms. The fourth-order valence-corrected chi connectivity index (χ4v) is 3.09. The number of nitrogens with one attached hydrogen (secondary N) is 1. The van der Waals surface area contributed by atoms with Crippen molar-refractivity contribution in [1.82, 2.24) is 10.2 Å². The molecule has 1 N–H and O–H groups in total. The number of ketones is 1. The Morgan fingerprint density at radius 2 is 1.88 bits per heavy atom. The number of aromatic nitrogens is 2. The van der Waals surface area contributed by atoms with Crippen LogP contribution < -0.4 is 14.8 Å². The Kier molecular flexibility index (Phi) is 7.53. The van der Waals surface area contributed by atoms with E-state index in [9.17, 15) is 9.59 Å². The van der Waals surface area contributed by atoms with Gasteiger partial charge in [0, 0.05) is 24.8 Å². The number of methoxy groups -OCH3 is 2. The fraction of sp³-hybridized carbons (Fsp3) is 0.444. The number of carbonyl (C=O) groups is 2. The van der Waals surface area contributed by atoms with Crippen LogP contribution in [-0.2, 0) is 11.2 Å². The lowest BCUT2D eigenvalue weighted by Crippen LogP contribution is -2.13. The van der Waals surface area contributed by atoms with Gasteiger partial charge in [-0.1, -0.05) is 24.7 Å². The maximum absolute atomic E-state index is 12.3. The second-order valence-corrected chi connectivity index (χ2v) is 6.71. The number of anilines is 1. The summed E-state index contributed by atoms with van der Waals surface area (Å²) in [5.74, 6) is 0.646. The van der Waals surface area contributed by atoms with Crippen LogP contribution in [0.2, 0.25) is 0 Å². The van der Waals surface area contributed by atoms with Gasteiger partial charge < -0.3 is 14.8 Å². The highest BCUT2D eigenvalue weighted by atomic mass is 32.1. The fourth-order valence-electron chi connectivity index (χ4n) is 2.30. The SMILES string of the molecule is CCCCc1nnc(NC(=O)CCC(=O)c2ccc(OC)c(OC)c2)s1. The minimum atomic E-state index is -0.253. The van der Waals surface area contributed by atoms with Gasteiger partial charge >= 0.3 is 0 Å². The Morgan fingerprint density at radius 1 is 1.12 bits per heavy atom. The second kappa shape index (κ2) is 9.86. The average molecular weight is 377 g/mol. The van der Waals surface area contributed by atoms with Gasteiger partial charge in [0.25, 0.3) is 0 Å². The number of aryl methyl sites for hydroxylation is 1. The molecular formula is C18H23N3O4S. The van der Waals surface area contributed by atoms with Crippen molar-refractivity contribution in [3.8, 4) is 11.5 Å². The number of rotatable bonds is 10. The molecule has 0 unspecified atom stereocenters. The van der Waals surface area contributed by atoms with Gasteiger partial charge in [0.1, 0.15) is 5.01 Å². The van der Waals surface area contributed by atoms with Crippen molar-refractivity contribution in [1.29, 1.82) is 0 Å². The Morgan fingerprint density at radius 3 is 2.58 bits per heavy atom. The number of hydrogen-bond acceptors (Lipinski definition) is 7. The predicted molar refractivity (Wildman–Crippen MR) is 100 cm³/mol. The molecule has 1 aromatic heterocycles. The minimum absolute atomic E-state index is 0.0804. The van der Waals surface area contributed by atoms with Crippen molar-refractivity contribution in [2.75, 3.05) is 19.5 Å². The average Bonchev–Trinajstić information content (AvgIpc) is 3.10. The van der Waals surface area contributed by atoms with Gasteiger partial charge in [-0.2, -0.15) is 0 Å². The zero-order chi connectivity index (χ0) is 18.9. The summed E-state index contributed by atoms with van der Waals surface area (Å²) in [7, 11) is 3.04. The number of hydrogen-bond donors (Lipinski definition) is 1. The van der Waals surface area contributed by atoms with E-state index in [4.69, 9.17) is 9.47 Å². The third kappa shape index (κ3) is 5.52. The summed E-state index contributed by atoms with van der Waals surface area (Å²) < 4.78 is 10.3. The normalized spacial score (nSPS) is 10.4. The summed E-state index contributed by atoms with van der Waals surface area (Å²) >= 11 is 1.37. The smallest absolute Gasteiger partial charge is 0.226 e. The van der Waals surface area contributed by atoms with Gasteiger partial charge in [-0.25, -0.2) is 0 Å². The molecule has 0 aliphatic carbocycles. The van der Waals surface area contributed by atoms with Crippen molar-refractivity contribution >= 4 is 28.2 Å². The van der Waals surface area contributed by atoms with Gasteiger partial charge in [-0.15, -0.1) is 10.2 Å². The molecule has 1 amide bonds. The van der Waals surface area contributed by atoms with E-state index in [1.165, 1.54) is 25.6 Å². The molecule has 1 heterocycles. The van der Waals surface area contributed by atoms with Gasteiger partial charge in [-0.05, 0) is 24.6 Å². The number of amides is 1. The molecule has 0 atom stereocenters. The first-order chi connectivity index (χ1) is 12.6. The van der Waals surface area contributed by atoms with Crippen LogP contribution in [0.15, 0.2) is 18.2 Å². The van der Waals surface area contributed by atoms with E-state index in [1.54, 1.807) is 18.2 Å². The van der Waals surface area contributed by atoms with Crippen molar-refractivity contribution < 1.29 is 19.1 Å². The van der Waals surface area contributed by atoms with Crippen molar-refractivity contribution in [2.45, 2.75) is 39.0 Å². The summed E-state index contributed by atoms with van der Waals surface area (Å²) in [6.07, 6.45) is 3.17. The van der Waals surface area contributed by atoms with Gasteiger partial charge in [0.2, 0.25) is 11.0 Å². The zero-order valence-electron chi connectivity index (χ0n) is 15.2. The molecule has 26 heavy (non-hydrogen) atoms.